The smallest absolute Gasteiger partial charge is 0.362 e. The van der Waals surface area contributed by atoms with E-state index in [2.05, 4.69) is 4.74 Å². The monoisotopic (exact) mass is 255 g/mol. The van der Waals surface area contributed by atoms with E-state index < -0.39 is 12.3 Å². The Kier molecular flexibility index (Phi) is 3.33. The summed E-state index contributed by atoms with van der Waals surface area (Å²) < 4.78 is 19.7. The van der Waals surface area contributed by atoms with E-state index >= 15 is 0 Å². The molecule has 0 amide bonds. The Hall–Kier alpha value is -1.55. The van der Waals surface area contributed by atoms with Crippen LogP contribution < -0.4 is 0 Å². The van der Waals surface area contributed by atoms with Crippen molar-refractivity contribution in [3.05, 3.63) is 35.5 Å². The molecule has 1 heterocycles. The quantitative estimate of drug-likeness (QED) is 0.788. The number of aromatic nitrogens is 1. The summed E-state index contributed by atoms with van der Waals surface area (Å²) in [7, 11) is 0. The molecule has 5 heteroatoms. The lowest BCUT2D eigenvalue weighted by Gasteiger charge is -2.10. The van der Waals surface area contributed by atoms with Crippen LogP contribution in [0.3, 0.4) is 0 Å². The molecule has 3 nitrogen and oxygen atoms in total. The highest BCUT2D eigenvalue weighted by atomic mass is 35.5. The Balaban J connectivity index is 2.42. The van der Waals surface area contributed by atoms with Gasteiger partial charge in [-0.2, -0.15) is 0 Å². The number of rotatable bonds is 3. The zero-order chi connectivity index (χ0) is 12.4. The van der Waals surface area contributed by atoms with Gasteiger partial charge in [0.25, 0.3) is 6.30 Å². The van der Waals surface area contributed by atoms with E-state index in [1.165, 1.54) is 10.8 Å². The lowest BCUT2D eigenvalue weighted by atomic mass is 10.2. The van der Waals surface area contributed by atoms with Gasteiger partial charge >= 0.3 is 5.97 Å². The molecule has 0 aliphatic heterocycles. The van der Waals surface area contributed by atoms with Crippen molar-refractivity contribution in [2.45, 2.75) is 13.2 Å². The fourth-order valence-electron chi connectivity index (χ4n) is 1.67. The summed E-state index contributed by atoms with van der Waals surface area (Å²) in [6.45, 7) is 1.79. The molecular weight excluding hydrogens is 245 g/mol. The Labute approximate surface area is 103 Å². The molecule has 1 aromatic heterocycles. The number of nitrogens with zero attached hydrogens (tertiary/aromatic N) is 1. The van der Waals surface area contributed by atoms with Gasteiger partial charge in [0.2, 0.25) is 0 Å². The Morgan fingerprint density at radius 3 is 3.00 bits per heavy atom. The van der Waals surface area contributed by atoms with Gasteiger partial charge in [0.15, 0.2) is 0 Å². The van der Waals surface area contributed by atoms with Crippen molar-refractivity contribution in [3.8, 4) is 0 Å². The normalized spacial score (nSPS) is 12.6. The second-order valence-electron chi connectivity index (χ2n) is 3.48. The van der Waals surface area contributed by atoms with Gasteiger partial charge in [-0.15, -0.1) is 0 Å². The van der Waals surface area contributed by atoms with E-state index in [0.29, 0.717) is 15.9 Å². The van der Waals surface area contributed by atoms with Crippen LogP contribution in [0.2, 0.25) is 5.02 Å². The average Bonchev–Trinajstić information content (AvgIpc) is 2.73. The van der Waals surface area contributed by atoms with Crippen molar-refractivity contribution >= 4 is 28.5 Å². The molecule has 0 aliphatic rings. The summed E-state index contributed by atoms with van der Waals surface area (Å²) >= 11 is 5.96. The fraction of sp³-hybridized carbons (Fsp3) is 0.250. The summed E-state index contributed by atoms with van der Waals surface area (Å²) in [4.78, 5) is 11.3. The molecule has 2 rings (SSSR count). The zero-order valence-electron chi connectivity index (χ0n) is 9.19. The molecule has 1 atom stereocenters. The molecule has 0 saturated carbocycles. The first-order valence-electron chi connectivity index (χ1n) is 5.21. The van der Waals surface area contributed by atoms with Crippen molar-refractivity contribution < 1.29 is 13.9 Å². The minimum absolute atomic E-state index is 0.152. The molecule has 0 radical (unpaired) electrons. The number of benzene rings is 1. The number of alkyl halides is 1. The highest BCUT2D eigenvalue weighted by Crippen LogP contribution is 2.27. The molecule has 17 heavy (non-hydrogen) atoms. The highest BCUT2D eigenvalue weighted by Gasteiger charge is 2.22. The fourth-order valence-corrected chi connectivity index (χ4v) is 1.91. The van der Waals surface area contributed by atoms with E-state index in [1.807, 2.05) is 0 Å². The molecule has 2 aromatic rings. The first-order valence-corrected chi connectivity index (χ1v) is 5.58. The SMILES string of the molecule is CCOC(=O)C(F)n1ccc2c(Cl)cccc21. The Bertz CT molecular complexity index is 552. The van der Waals surface area contributed by atoms with E-state index in [4.69, 9.17) is 11.6 Å². The van der Waals surface area contributed by atoms with Crippen LogP contribution in [0.5, 0.6) is 0 Å². The maximum atomic E-state index is 13.9. The van der Waals surface area contributed by atoms with E-state index in [-0.39, 0.29) is 6.61 Å². The second-order valence-corrected chi connectivity index (χ2v) is 3.89. The molecule has 0 N–H and O–H groups in total. The second kappa shape index (κ2) is 4.75. The van der Waals surface area contributed by atoms with E-state index in [1.54, 1.807) is 31.2 Å². The maximum Gasteiger partial charge on any atom is 0.362 e. The number of carbonyl (C=O) groups is 1. The minimum atomic E-state index is -1.84. The Morgan fingerprint density at radius 2 is 2.29 bits per heavy atom. The number of halogens is 2. The van der Waals surface area contributed by atoms with E-state index in [0.717, 1.165) is 0 Å². The Morgan fingerprint density at radius 1 is 1.53 bits per heavy atom. The molecular formula is C12H11ClFNO2. The number of esters is 1. The van der Waals surface area contributed by atoms with Gasteiger partial charge in [0.05, 0.1) is 12.1 Å². The predicted octanol–water partition coefficient (Wildman–Crippen LogP) is 3.33. The summed E-state index contributed by atoms with van der Waals surface area (Å²) in [6, 6.07) is 6.79. The number of hydrogen-bond donors (Lipinski definition) is 0. The summed E-state index contributed by atoms with van der Waals surface area (Å²) in [5, 5.41) is 1.23. The standard InChI is InChI=1S/C12H11ClFNO2/c1-2-17-12(16)11(14)15-7-6-8-9(13)4-3-5-10(8)15/h3-7,11H,2H2,1H3. The number of carbonyl (C=O) groups excluding carboxylic acids is 1. The summed E-state index contributed by atoms with van der Waals surface area (Å²) in [6.07, 6.45) is -0.357. The molecule has 0 spiro atoms. The van der Waals surface area contributed by atoms with Gasteiger partial charge < -0.3 is 9.30 Å². The summed E-state index contributed by atoms with van der Waals surface area (Å²) in [5.74, 6) is -0.898. The lowest BCUT2D eigenvalue weighted by Crippen LogP contribution is -2.17. The van der Waals surface area contributed by atoms with Crippen LogP contribution in [0.4, 0.5) is 4.39 Å². The van der Waals surface area contributed by atoms with Crippen molar-refractivity contribution in [3.63, 3.8) is 0 Å². The van der Waals surface area contributed by atoms with Gasteiger partial charge in [-0.25, -0.2) is 9.18 Å². The van der Waals surface area contributed by atoms with Gasteiger partial charge in [-0.3, -0.25) is 0 Å². The molecule has 90 valence electrons. The van der Waals surface area contributed by atoms with Crippen LogP contribution in [0.1, 0.15) is 13.2 Å². The summed E-state index contributed by atoms with van der Waals surface area (Å²) in [5.41, 5.74) is 0.568. The van der Waals surface area contributed by atoms with Gasteiger partial charge in [0.1, 0.15) is 0 Å². The van der Waals surface area contributed by atoms with Gasteiger partial charge in [0, 0.05) is 16.6 Å². The molecule has 0 fully saturated rings. The largest absolute Gasteiger partial charge is 0.462 e. The van der Waals surface area contributed by atoms with Crippen LogP contribution in [0.25, 0.3) is 10.9 Å². The lowest BCUT2D eigenvalue weighted by molar-refractivity contribution is -0.152. The number of fused-ring (bicyclic) bond motifs is 1. The van der Waals surface area contributed by atoms with Crippen molar-refractivity contribution in [2.75, 3.05) is 6.61 Å². The third kappa shape index (κ3) is 2.13. The van der Waals surface area contributed by atoms with Crippen LogP contribution >= 0.6 is 11.6 Å². The number of ether oxygens (including phenoxy) is 1. The van der Waals surface area contributed by atoms with Crippen LogP contribution in [0.15, 0.2) is 30.5 Å². The van der Waals surface area contributed by atoms with Gasteiger partial charge in [-0.05, 0) is 25.1 Å². The van der Waals surface area contributed by atoms with Gasteiger partial charge in [-0.1, -0.05) is 17.7 Å². The highest BCUT2D eigenvalue weighted by molar-refractivity contribution is 6.35. The first-order chi connectivity index (χ1) is 8.15. The predicted molar refractivity (Wildman–Crippen MR) is 63.7 cm³/mol. The molecule has 0 bridgehead atoms. The molecule has 1 unspecified atom stereocenters. The van der Waals surface area contributed by atoms with Crippen molar-refractivity contribution in [1.82, 2.24) is 4.57 Å². The van der Waals surface area contributed by atoms with Crippen LogP contribution in [0, 0.1) is 0 Å². The average molecular weight is 256 g/mol. The van der Waals surface area contributed by atoms with Crippen molar-refractivity contribution in [1.29, 1.82) is 0 Å². The van der Waals surface area contributed by atoms with E-state index in [9.17, 15) is 9.18 Å². The molecule has 0 saturated heterocycles. The molecule has 0 aliphatic carbocycles. The van der Waals surface area contributed by atoms with Crippen LogP contribution in [-0.2, 0) is 9.53 Å². The number of hydrogen-bond acceptors (Lipinski definition) is 2. The molecule has 1 aromatic carbocycles. The zero-order valence-corrected chi connectivity index (χ0v) is 9.95. The van der Waals surface area contributed by atoms with Crippen molar-refractivity contribution in [2.24, 2.45) is 0 Å². The minimum Gasteiger partial charge on any atom is -0.462 e. The first kappa shape index (κ1) is 11.9. The third-order valence-corrected chi connectivity index (χ3v) is 2.76. The van der Waals surface area contributed by atoms with Crippen LogP contribution in [-0.4, -0.2) is 17.1 Å². The maximum absolute atomic E-state index is 13.9. The topological polar surface area (TPSA) is 31.2 Å². The third-order valence-electron chi connectivity index (χ3n) is 2.44.